The number of ether oxygens (including phenoxy) is 2. The second-order valence-corrected chi connectivity index (χ2v) is 3.89. The molecule has 1 aromatic rings. The summed E-state index contributed by atoms with van der Waals surface area (Å²) in [6, 6.07) is 4.95. The van der Waals surface area contributed by atoms with Gasteiger partial charge in [-0.2, -0.15) is 0 Å². The van der Waals surface area contributed by atoms with Gasteiger partial charge in [-0.05, 0) is 18.2 Å². The number of benzene rings is 1. The van der Waals surface area contributed by atoms with E-state index in [2.05, 4.69) is 0 Å². The number of rotatable bonds is 5. The highest BCUT2D eigenvalue weighted by atomic mass is 35.5. The first kappa shape index (κ1) is 13.1. The molecule has 0 amide bonds. The molecule has 1 unspecified atom stereocenters. The number of halogens is 2. The molecule has 0 bridgehead atoms. The first-order valence-corrected chi connectivity index (χ1v) is 5.57. The molecule has 0 heterocycles. The molecule has 88 valence electrons. The number of hydrogen-bond acceptors (Lipinski definition) is 3. The monoisotopic (exact) mass is 262 g/mol. The summed E-state index contributed by atoms with van der Waals surface area (Å²) >= 11 is 11.3. The summed E-state index contributed by atoms with van der Waals surface area (Å²) in [5.41, 5.74) is 0.377. The van der Waals surface area contributed by atoms with Gasteiger partial charge < -0.3 is 9.47 Å². The fourth-order valence-corrected chi connectivity index (χ4v) is 1.50. The molecule has 1 rings (SSSR count). The van der Waals surface area contributed by atoms with Gasteiger partial charge >= 0.3 is 0 Å². The number of carbonyl (C=O) groups excluding carboxylic acids is 1. The van der Waals surface area contributed by atoms with E-state index in [1.54, 1.807) is 18.2 Å². The van der Waals surface area contributed by atoms with Crippen LogP contribution in [-0.4, -0.2) is 31.3 Å². The fourth-order valence-electron chi connectivity index (χ4n) is 1.25. The third-order valence-corrected chi connectivity index (χ3v) is 2.91. The lowest BCUT2D eigenvalue weighted by Gasteiger charge is -2.11. The summed E-state index contributed by atoms with van der Waals surface area (Å²) in [5, 5.41) is -0.761. The van der Waals surface area contributed by atoms with Crippen LogP contribution >= 0.6 is 23.2 Å². The van der Waals surface area contributed by atoms with Crippen LogP contribution in [0.3, 0.4) is 0 Å². The van der Waals surface area contributed by atoms with Crippen LogP contribution < -0.4 is 9.47 Å². The Labute approximate surface area is 104 Å². The number of alkyl halides is 2. The van der Waals surface area contributed by atoms with Gasteiger partial charge in [0.1, 0.15) is 16.9 Å². The van der Waals surface area contributed by atoms with Crippen molar-refractivity contribution in [3.05, 3.63) is 23.8 Å². The van der Waals surface area contributed by atoms with Gasteiger partial charge in [-0.15, -0.1) is 23.2 Å². The lowest BCUT2D eigenvalue weighted by atomic mass is 10.1. The standard InChI is InChI=1S/C11H12Cl2O3/c1-15-7-3-4-10(16-2)8(5-7)11(14)9(13)6-12/h3-5,9H,6H2,1-2H3. The normalized spacial score (nSPS) is 12.0. The van der Waals surface area contributed by atoms with Crippen LogP contribution in [-0.2, 0) is 0 Å². The lowest BCUT2D eigenvalue weighted by molar-refractivity contribution is 0.0989. The molecule has 0 saturated heterocycles. The Hall–Kier alpha value is -0.930. The van der Waals surface area contributed by atoms with Gasteiger partial charge in [-0.1, -0.05) is 0 Å². The zero-order valence-electron chi connectivity index (χ0n) is 9.00. The highest BCUT2D eigenvalue weighted by Crippen LogP contribution is 2.26. The maximum Gasteiger partial charge on any atom is 0.185 e. The summed E-state index contributed by atoms with van der Waals surface area (Å²) in [6.45, 7) is 0. The van der Waals surface area contributed by atoms with E-state index in [0.717, 1.165) is 0 Å². The van der Waals surface area contributed by atoms with E-state index in [0.29, 0.717) is 17.1 Å². The predicted octanol–water partition coefficient (Wildman–Crippen LogP) is 2.73. The molecule has 5 heteroatoms. The van der Waals surface area contributed by atoms with Crippen LogP contribution in [0.1, 0.15) is 10.4 Å². The summed E-state index contributed by atoms with van der Waals surface area (Å²) in [5.74, 6) is 0.817. The van der Waals surface area contributed by atoms with Crippen LogP contribution in [0, 0.1) is 0 Å². The largest absolute Gasteiger partial charge is 0.497 e. The van der Waals surface area contributed by atoms with Gasteiger partial charge in [0.05, 0.1) is 19.8 Å². The number of ketones is 1. The average Bonchev–Trinajstić information content (AvgIpc) is 2.35. The van der Waals surface area contributed by atoms with Crippen molar-refractivity contribution in [2.24, 2.45) is 0 Å². The van der Waals surface area contributed by atoms with Crippen molar-refractivity contribution < 1.29 is 14.3 Å². The minimum absolute atomic E-state index is 0.0563. The van der Waals surface area contributed by atoms with Crippen molar-refractivity contribution in [3.63, 3.8) is 0 Å². The molecule has 1 aromatic carbocycles. The first-order chi connectivity index (χ1) is 7.63. The van der Waals surface area contributed by atoms with Crippen LogP contribution in [0.15, 0.2) is 18.2 Å². The molecule has 0 radical (unpaired) electrons. The molecule has 16 heavy (non-hydrogen) atoms. The van der Waals surface area contributed by atoms with E-state index >= 15 is 0 Å². The average molecular weight is 263 g/mol. The Kier molecular flexibility index (Phi) is 4.90. The van der Waals surface area contributed by atoms with Gasteiger partial charge in [-0.25, -0.2) is 0 Å². The Bertz CT molecular complexity index is 379. The number of carbonyl (C=O) groups is 1. The van der Waals surface area contributed by atoms with Crippen molar-refractivity contribution in [1.82, 2.24) is 0 Å². The maximum absolute atomic E-state index is 11.9. The number of hydrogen-bond donors (Lipinski definition) is 0. The molecule has 0 N–H and O–H groups in total. The van der Waals surface area contributed by atoms with E-state index in [9.17, 15) is 4.79 Å². The SMILES string of the molecule is COc1ccc(OC)c(C(=O)C(Cl)CCl)c1. The van der Waals surface area contributed by atoms with Crippen LogP contribution in [0.4, 0.5) is 0 Å². The molecular weight excluding hydrogens is 251 g/mol. The molecule has 3 nitrogen and oxygen atoms in total. The van der Waals surface area contributed by atoms with E-state index < -0.39 is 5.38 Å². The zero-order chi connectivity index (χ0) is 12.1. The second-order valence-electron chi connectivity index (χ2n) is 3.05. The Morgan fingerprint density at radius 2 is 2.06 bits per heavy atom. The van der Waals surface area contributed by atoms with Crippen molar-refractivity contribution >= 4 is 29.0 Å². The molecule has 0 aromatic heterocycles. The van der Waals surface area contributed by atoms with Crippen molar-refractivity contribution in [2.75, 3.05) is 20.1 Å². The summed E-state index contributed by atoms with van der Waals surface area (Å²) in [7, 11) is 3.01. The van der Waals surface area contributed by atoms with Crippen molar-refractivity contribution in [3.8, 4) is 11.5 Å². The first-order valence-electron chi connectivity index (χ1n) is 4.60. The quantitative estimate of drug-likeness (QED) is 0.605. The smallest absolute Gasteiger partial charge is 0.185 e. The molecule has 1 atom stereocenters. The lowest BCUT2D eigenvalue weighted by Crippen LogP contribution is -2.17. The molecule has 0 aliphatic rings. The van der Waals surface area contributed by atoms with Gasteiger partial charge in [0, 0.05) is 5.88 Å². The Balaban J connectivity index is 3.13. The van der Waals surface area contributed by atoms with Crippen molar-refractivity contribution in [1.29, 1.82) is 0 Å². The van der Waals surface area contributed by atoms with E-state index in [1.165, 1.54) is 14.2 Å². The minimum atomic E-state index is -0.761. The van der Waals surface area contributed by atoms with Crippen LogP contribution in [0.2, 0.25) is 0 Å². The second kappa shape index (κ2) is 5.97. The molecular formula is C11H12Cl2O3. The number of methoxy groups -OCH3 is 2. The van der Waals surface area contributed by atoms with E-state index in [4.69, 9.17) is 32.7 Å². The van der Waals surface area contributed by atoms with Crippen LogP contribution in [0.25, 0.3) is 0 Å². The maximum atomic E-state index is 11.9. The zero-order valence-corrected chi connectivity index (χ0v) is 10.5. The van der Waals surface area contributed by atoms with Crippen LogP contribution in [0.5, 0.6) is 11.5 Å². The van der Waals surface area contributed by atoms with Gasteiger partial charge in [0.2, 0.25) is 0 Å². The summed E-state index contributed by atoms with van der Waals surface area (Å²) in [4.78, 5) is 11.9. The highest BCUT2D eigenvalue weighted by molar-refractivity contribution is 6.38. The van der Waals surface area contributed by atoms with Crippen molar-refractivity contribution in [2.45, 2.75) is 5.38 Å². The molecule has 0 fully saturated rings. The predicted molar refractivity (Wildman–Crippen MR) is 64.2 cm³/mol. The molecule has 0 aliphatic carbocycles. The number of Topliss-reactive ketones (excluding diaryl/α,β-unsaturated/α-hetero) is 1. The topological polar surface area (TPSA) is 35.5 Å². The van der Waals surface area contributed by atoms with E-state index in [1.807, 2.05) is 0 Å². The van der Waals surface area contributed by atoms with Gasteiger partial charge in [0.25, 0.3) is 0 Å². The van der Waals surface area contributed by atoms with Gasteiger partial charge in [0.15, 0.2) is 5.78 Å². The third-order valence-electron chi connectivity index (χ3n) is 2.09. The Morgan fingerprint density at radius 1 is 1.38 bits per heavy atom. The Morgan fingerprint density at radius 3 is 2.56 bits per heavy atom. The molecule has 0 spiro atoms. The van der Waals surface area contributed by atoms with E-state index in [-0.39, 0.29) is 11.7 Å². The summed E-state index contributed by atoms with van der Waals surface area (Å²) < 4.78 is 10.1. The highest BCUT2D eigenvalue weighted by Gasteiger charge is 2.20. The molecule has 0 aliphatic heterocycles. The van der Waals surface area contributed by atoms with Gasteiger partial charge in [-0.3, -0.25) is 4.79 Å². The minimum Gasteiger partial charge on any atom is -0.497 e. The fraction of sp³-hybridized carbons (Fsp3) is 0.364. The molecule has 0 saturated carbocycles. The summed E-state index contributed by atoms with van der Waals surface area (Å²) in [6.07, 6.45) is 0. The third kappa shape index (κ3) is 2.80.